The van der Waals surface area contributed by atoms with Gasteiger partial charge >= 0.3 is 29.6 Å². The molecule has 4 rings (SSSR count). The van der Waals surface area contributed by atoms with Crippen molar-refractivity contribution in [2.24, 2.45) is 20.5 Å². The van der Waals surface area contributed by atoms with Crippen LogP contribution >= 0.6 is 0 Å². The summed E-state index contributed by atoms with van der Waals surface area (Å²) in [5.74, 6) is -0.645. The van der Waals surface area contributed by atoms with Gasteiger partial charge in [-0.1, -0.05) is 30.0 Å². The van der Waals surface area contributed by atoms with E-state index >= 15 is 0 Å². The molecule has 0 radical (unpaired) electrons. The van der Waals surface area contributed by atoms with Crippen LogP contribution in [0.1, 0.15) is 0 Å². The molecule has 4 aromatic rings. The number of nitrogen functional groups attached to an aromatic ring is 1. The molecule has 0 unspecified atom stereocenters. The second kappa shape index (κ2) is 10.2. The van der Waals surface area contributed by atoms with Crippen LogP contribution in [0.5, 0.6) is 5.75 Å². The molecule has 0 bridgehead atoms. The quantitative estimate of drug-likeness (QED) is 0.199. The van der Waals surface area contributed by atoms with Gasteiger partial charge in [0.05, 0.1) is 27.6 Å². The third-order valence-electron chi connectivity index (χ3n) is 4.51. The van der Waals surface area contributed by atoms with Gasteiger partial charge < -0.3 is 10.8 Å². The molecule has 0 spiro atoms. The fraction of sp³-hybridized carbons (Fsp3) is 0. The summed E-state index contributed by atoms with van der Waals surface area (Å²) < 4.78 is 32.0. The van der Waals surface area contributed by atoms with Gasteiger partial charge in [0, 0.05) is 5.39 Å². The summed E-state index contributed by atoms with van der Waals surface area (Å²) in [4.78, 5) is -0.497. The van der Waals surface area contributed by atoms with Gasteiger partial charge in [-0.3, -0.25) is 4.55 Å². The van der Waals surface area contributed by atoms with E-state index in [9.17, 15) is 18.1 Å². The molecule has 0 aliphatic heterocycles. The fourth-order valence-corrected chi connectivity index (χ4v) is 3.49. The summed E-state index contributed by atoms with van der Waals surface area (Å²) in [6.45, 7) is 0. The zero-order valence-electron chi connectivity index (χ0n) is 17.5. The van der Waals surface area contributed by atoms with Crippen LogP contribution in [0.3, 0.4) is 0 Å². The smallest absolute Gasteiger partial charge is 0.872 e. The number of benzene rings is 4. The SMILES string of the molecule is Nc1ccc2cc(S(=O)(=O)O)cc([O-])c2c1N=Nc1ccc(N=Nc2ccccc2)cc1.[Na+]. The van der Waals surface area contributed by atoms with Crippen LogP contribution in [0.15, 0.2) is 104 Å². The molecule has 0 heterocycles. The largest absolute Gasteiger partial charge is 1.00 e. The van der Waals surface area contributed by atoms with E-state index < -0.39 is 20.8 Å². The maximum absolute atomic E-state index is 12.5. The van der Waals surface area contributed by atoms with Gasteiger partial charge in [-0.15, -0.1) is 5.11 Å². The summed E-state index contributed by atoms with van der Waals surface area (Å²) in [6.07, 6.45) is 0. The molecule has 0 aliphatic carbocycles. The number of nitrogens with two attached hydrogens (primary N) is 1. The van der Waals surface area contributed by atoms with Gasteiger partial charge in [-0.05, 0) is 60.0 Å². The van der Waals surface area contributed by atoms with Crippen molar-refractivity contribution >= 4 is 49.3 Å². The van der Waals surface area contributed by atoms with E-state index in [0.29, 0.717) is 11.4 Å². The van der Waals surface area contributed by atoms with Crippen molar-refractivity contribution in [3.8, 4) is 5.75 Å². The van der Waals surface area contributed by atoms with E-state index in [1.54, 1.807) is 24.3 Å². The molecule has 0 atom stereocenters. The average Bonchev–Trinajstić information content (AvgIpc) is 2.78. The second-order valence-electron chi connectivity index (χ2n) is 6.75. The minimum absolute atomic E-state index is 0. The van der Waals surface area contributed by atoms with Crippen LogP contribution in [0.2, 0.25) is 0 Å². The minimum Gasteiger partial charge on any atom is -0.872 e. The number of rotatable bonds is 5. The van der Waals surface area contributed by atoms with Crippen LogP contribution in [0.4, 0.5) is 28.4 Å². The Hall–Kier alpha value is -3.15. The molecule has 4 aromatic carbocycles. The Morgan fingerprint density at radius 3 is 1.88 bits per heavy atom. The average molecular weight is 469 g/mol. The normalized spacial score (nSPS) is 11.8. The predicted octanol–water partition coefficient (Wildman–Crippen LogP) is 2.58. The van der Waals surface area contributed by atoms with Crippen LogP contribution in [0.25, 0.3) is 10.8 Å². The van der Waals surface area contributed by atoms with Crippen molar-refractivity contribution in [3.05, 3.63) is 78.9 Å². The van der Waals surface area contributed by atoms with E-state index in [4.69, 9.17) is 5.73 Å². The fourth-order valence-electron chi connectivity index (χ4n) is 2.96. The Bertz CT molecular complexity index is 1460. The Morgan fingerprint density at radius 1 is 0.758 bits per heavy atom. The second-order valence-corrected chi connectivity index (χ2v) is 8.17. The van der Waals surface area contributed by atoms with Crippen molar-refractivity contribution in [1.82, 2.24) is 0 Å². The Kier molecular flexibility index (Phi) is 7.57. The van der Waals surface area contributed by atoms with E-state index in [1.165, 1.54) is 18.2 Å². The van der Waals surface area contributed by atoms with Crippen molar-refractivity contribution < 1.29 is 47.6 Å². The van der Waals surface area contributed by atoms with Crippen molar-refractivity contribution in [2.75, 3.05) is 5.73 Å². The van der Waals surface area contributed by atoms with Crippen LogP contribution < -0.4 is 40.4 Å². The van der Waals surface area contributed by atoms with Crippen molar-refractivity contribution in [1.29, 1.82) is 0 Å². The number of azo groups is 2. The summed E-state index contributed by atoms with van der Waals surface area (Å²) >= 11 is 0. The molecule has 0 saturated heterocycles. The zero-order chi connectivity index (χ0) is 22.7. The van der Waals surface area contributed by atoms with E-state index in [-0.39, 0.29) is 51.7 Å². The predicted molar refractivity (Wildman–Crippen MR) is 119 cm³/mol. The van der Waals surface area contributed by atoms with Crippen LogP contribution in [0, 0.1) is 0 Å². The van der Waals surface area contributed by atoms with Gasteiger partial charge in [-0.2, -0.15) is 23.8 Å². The molecule has 9 nitrogen and oxygen atoms in total. The zero-order valence-corrected chi connectivity index (χ0v) is 20.3. The van der Waals surface area contributed by atoms with Crippen LogP contribution in [-0.2, 0) is 10.1 Å². The van der Waals surface area contributed by atoms with Gasteiger partial charge in [0.25, 0.3) is 10.1 Å². The maximum atomic E-state index is 12.5. The van der Waals surface area contributed by atoms with Gasteiger partial charge in [-0.25, -0.2) is 0 Å². The molecule has 33 heavy (non-hydrogen) atoms. The number of hydrogen-bond acceptors (Lipinski definition) is 8. The summed E-state index contributed by atoms with van der Waals surface area (Å²) in [5.41, 5.74) is 8.13. The van der Waals surface area contributed by atoms with E-state index in [0.717, 1.165) is 11.8 Å². The number of anilines is 1. The Morgan fingerprint density at radius 2 is 1.30 bits per heavy atom. The first-order chi connectivity index (χ1) is 15.3. The van der Waals surface area contributed by atoms with E-state index in [1.807, 2.05) is 30.3 Å². The first kappa shape index (κ1) is 24.5. The minimum atomic E-state index is -4.52. The molecule has 160 valence electrons. The summed E-state index contributed by atoms with van der Waals surface area (Å²) in [5, 5.41) is 29.4. The third-order valence-corrected chi connectivity index (χ3v) is 5.34. The van der Waals surface area contributed by atoms with Crippen LogP contribution in [-0.4, -0.2) is 13.0 Å². The van der Waals surface area contributed by atoms with Gasteiger partial charge in [0.15, 0.2) is 0 Å². The Labute approximate surface area is 211 Å². The Balaban J connectivity index is 0.00000306. The summed E-state index contributed by atoms with van der Waals surface area (Å²) in [6, 6.07) is 21.1. The van der Waals surface area contributed by atoms with Crippen molar-refractivity contribution in [3.63, 3.8) is 0 Å². The van der Waals surface area contributed by atoms with E-state index in [2.05, 4.69) is 20.5 Å². The standard InChI is InChI=1S/C22H17N5O4S.Na/c23-19-11-6-14-12-18(32(29,30)31)13-20(28)21(14)22(19)27-26-17-9-7-16(8-10-17)25-24-15-4-2-1-3-5-15;/h1-13,28H,23H2,(H,29,30,31);/q;+1/p-1. The number of fused-ring (bicyclic) bond motifs is 1. The van der Waals surface area contributed by atoms with Gasteiger partial charge in [0.2, 0.25) is 0 Å². The molecular formula is C22H16N5NaO4S. The third kappa shape index (κ3) is 5.81. The summed E-state index contributed by atoms with van der Waals surface area (Å²) in [7, 11) is -4.52. The molecular weight excluding hydrogens is 453 g/mol. The molecule has 0 aliphatic rings. The molecule has 3 N–H and O–H groups in total. The molecule has 0 saturated carbocycles. The molecule has 0 aromatic heterocycles. The first-order valence-electron chi connectivity index (χ1n) is 9.30. The first-order valence-corrected chi connectivity index (χ1v) is 10.7. The topological polar surface area (TPSA) is 153 Å². The van der Waals surface area contributed by atoms with Gasteiger partial charge in [0.1, 0.15) is 5.69 Å². The molecule has 0 fully saturated rings. The molecule has 0 amide bonds. The van der Waals surface area contributed by atoms with Crippen molar-refractivity contribution in [2.45, 2.75) is 4.90 Å². The monoisotopic (exact) mass is 469 g/mol. The maximum Gasteiger partial charge on any atom is 1.00 e. The molecule has 11 heteroatoms. The number of nitrogens with zero attached hydrogens (tertiary/aromatic N) is 4. The number of hydrogen-bond donors (Lipinski definition) is 2.